The third-order valence-corrected chi connectivity index (χ3v) is 7.30. The lowest BCUT2D eigenvalue weighted by Gasteiger charge is -2.00. The summed E-state index contributed by atoms with van der Waals surface area (Å²) in [5.41, 5.74) is 4.58. The van der Waals surface area contributed by atoms with Gasteiger partial charge in [0.05, 0.1) is 24.3 Å². The average molecular weight is 525 g/mol. The summed E-state index contributed by atoms with van der Waals surface area (Å²) in [4.78, 5) is 21.5. The van der Waals surface area contributed by atoms with Gasteiger partial charge in [0.25, 0.3) is 0 Å². The fraction of sp³-hybridized carbons (Fsp3) is 0.321. The fourth-order valence-electron chi connectivity index (χ4n) is 3.34. The van der Waals surface area contributed by atoms with E-state index in [4.69, 9.17) is 14.6 Å². The molecular formula is C28H32N2O4S2. The molecule has 0 radical (unpaired) electrons. The molecule has 0 unspecified atom stereocenters. The predicted octanol–water partition coefficient (Wildman–Crippen LogP) is 6.70. The van der Waals surface area contributed by atoms with E-state index < -0.39 is 0 Å². The first-order valence-electron chi connectivity index (χ1n) is 11.9. The van der Waals surface area contributed by atoms with Crippen molar-refractivity contribution in [3.8, 4) is 21.1 Å². The number of hydrogen-bond donors (Lipinski definition) is 1. The Hall–Kier alpha value is -2.91. The first-order chi connectivity index (χ1) is 17.5. The van der Waals surface area contributed by atoms with Crippen LogP contribution in [0.4, 0.5) is 0 Å². The summed E-state index contributed by atoms with van der Waals surface area (Å²) in [6, 6.07) is 16.1. The second-order valence-corrected chi connectivity index (χ2v) is 10.1. The maximum Gasteiger partial charge on any atom is 0.349 e. The normalized spacial score (nSPS) is 12.2. The maximum absolute atomic E-state index is 11.5. The molecule has 2 aromatic heterocycles. The van der Waals surface area contributed by atoms with Crippen LogP contribution >= 0.6 is 22.7 Å². The molecule has 1 fully saturated rings. The molecule has 1 aliphatic heterocycles. The van der Waals surface area contributed by atoms with Crippen molar-refractivity contribution in [1.29, 1.82) is 0 Å². The van der Waals surface area contributed by atoms with Crippen molar-refractivity contribution in [3.05, 3.63) is 81.8 Å². The fourth-order valence-corrected chi connectivity index (χ4v) is 5.10. The number of aliphatic hydroxyl groups is 1. The van der Waals surface area contributed by atoms with Gasteiger partial charge in [-0.2, -0.15) is 0 Å². The highest BCUT2D eigenvalue weighted by molar-refractivity contribution is 7.16. The van der Waals surface area contributed by atoms with Crippen molar-refractivity contribution in [2.45, 2.75) is 40.2 Å². The van der Waals surface area contributed by atoms with Gasteiger partial charge in [-0.25, -0.2) is 14.8 Å². The zero-order chi connectivity index (χ0) is 25.8. The molecule has 0 spiro atoms. The lowest BCUT2D eigenvalue weighted by atomic mass is 10.1. The molecule has 6 nitrogen and oxygen atoms in total. The number of carbonyl (C=O) groups is 1. The molecule has 2 aromatic carbocycles. The number of benzene rings is 2. The smallest absolute Gasteiger partial charge is 0.349 e. The lowest BCUT2D eigenvalue weighted by molar-refractivity contribution is 0.0532. The quantitative estimate of drug-likeness (QED) is 0.293. The summed E-state index contributed by atoms with van der Waals surface area (Å²) in [7, 11) is 0. The largest absolute Gasteiger partial charge is 0.462 e. The van der Waals surface area contributed by atoms with E-state index in [-0.39, 0.29) is 12.6 Å². The SMILES string of the molecule is C1CCOC1.CCOC(=O)c1cnc(-c2ccccc2C)s1.Cc1ccccc1-c1ncc(CO)s1. The van der Waals surface area contributed by atoms with Crippen LogP contribution in [0.15, 0.2) is 60.9 Å². The Morgan fingerprint density at radius 1 is 0.917 bits per heavy atom. The van der Waals surface area contributed by atoms with Crippen LogP contribution in [0, 0.1) is 13.8 Å². The van der Waals surface area contributed by atoms with Gasteiger partial charge >= 0.3 is 5.97 Å². The summed E-state index contributed by atoms with van der Waals surface area (Å²) in [5, 5.41) is 10.8. The van der Waals surface area contributed by atoms with Crippen molar-refractivity contribution in [3.63, 3.8) is 0 Å². The molecule has 0 aliphatic carbocycles. The minimum absolute atomic E-state index is 0.0730. The molecule has 0 saturated carbocycles. The maximum atomic E-state index is 11.5. The van der Waals surface area contributed by atoms with E-state index >= 15 is 0 Å². The number of esters is 1. The van der Waals surface area contributed by atoms with E-state index in [1.165, 1.54) is 41.1 Å². The number of nitrogens with zero attached hydrogens (tertiary/aromatic N) is 2. The van der Waals surface area contributed by atoms with Crippen molar-refractivity contribution >= 4 is 28.6 Å². The number of aromatic nitrogens is 2. The monoisotopic (exact) mass is 524 g/mol. The van der Waals surface area contributed by atoms with Crippen LogP contribution in [0.5, 0.6) is 0 Å². The van der Waals surface area contributed by atoms with Crippen LogP contribution in [0.3, 0.4) is 0 Å². The predicted molar refractivity (Wildman–Crippen MR) is 147 cm³/mol. The van der Waals surface area contributed by atoms with Crippen molar-refractivity contribution in [1.82, 2.24) is 9.97 Å². The molecule has 0 atom stereocenters. The molecular weight excluding hydrogens is 492 g/mol. The minimum atomic E-state index is -0.301. The molecule has 5 rings (SSSR count). The molecule has 0 bridgehead atoms. The van der Waals surface area contributed by atoms with Gasteiger partial charge in [-0.1, -0.05) is 48.5 Å². The second kappa shape index (κ2) is 14.6. The van der Waals surface area contributed by atoms with E-state index in [0.717, 1.165) is 44.8 Å². The van der Waals surface area contributed by atoms with Crippen LogP contribution in [0.1, 0.15) is 45.4 Å². The summed E-state index contributed by atoms with van der Waals surface area (Å²) in [6.07, 6.45) is 5.86. The van der Waals surface area contributed by atoms with E-state index in [1.807, 2.05) is 43.3 Å². The van der Waals surface area contributed by atoms with Gasteiger partial charge in [0.1, 0.15) is 14.9 Å². The van der Waals surface area contributed by atoms with Crippen LogP contribution in [-0.4, -0.2) is 40.9 Å². The molecule has 3 heterocycles. The number of ether oxygens (including phenoxy) is 2. The number of aliphatic hydroxyl groups excluding tert-OH is 1. The minimum Gasteiger partial charge on any atom is -0.462 e. The first kappa shape index (κ1) is 27.7. The third kappa shape index (κ3) is 8.06. The van der Waals surface area contributed by atoms with Gasteiger partial charge < -0.3 is 14.6 Å². The zero-order valence-electron chi connectivity index (χ0n) is 20.9. The number of rotatable bonds is 5. The van der Waals surface area contributed by atoms with E-state index in [9.17, 15) is 4.79 Å². The molecule has 190 valence electrons. The molecule has 8 heteroatoms. The molecule has 0 amide bonds. The highest BCUT2D eigenvalue weighted by atomic mass is 32.1. The molecule has 4 aromatic rings. The van der Waals surface area contributed by atoms with Crippen LogP contribution in [-0.2, 0) is 16.1 Å². The summed E-state index contributed by atoms with van der Waals surface area (Å²) in [5.74, 6) is -0.301. The standard InChI is InChI=1S/C13H13NO2S.C11H11NOS.C4H8O/c1-3-16-13(15)11-8-14-12(17-11)10-7-5-4-6-9(10)2;1-8-4-2-3-5-10(8)11-12-6-9(7-13)14-11;1-2-4-5-3-1/h4-8H,3H2,1-2H3;2-6,13H,7H2,1H3;1-4H2. The summed E-state index contributed by atoms with van der Waals surface area (Å²) < 4.78 is 9.88. The Labute approximate surface area is 220 Å². The Balaban J connectivity index is 0.000000170. The van der Waals surface area contributed by atoms with Crippen LogP contribution < -0.4 is 0 Å². The first-order valence-corrected chi connectivity index (χ1v) is 13.5. The molecule has 1 saturated heterocycles. The second-order valence-electron chi connectivity index (χ2n) is 7.99. The molecule has 36 heavy (non-hydrogen) atoms. The van der Waals surface area contributed by atoms with Gasteiger partial charge in [0, 0.05) is 30.5 Å². The van der Waals surface area contributed by atoms with Gasteiger partial charge in [-0.05, 0) is 44.7 Å². The van der Waals surface area contributed by atoms with Crippen molar-refractivity contribution < 1.29 is 19.4 Å². The average Bonchev–Trinajstić information content (AvgIpc) is 3.69. The Morgan fingerprint density at radius 3 is 1.94 bits per heavy atom. The Morgan fingerprint density at radius 2 is 1.47 bits per heavy atom. The zero-order valence-corrected chi connectivity index (χ0v) is 22.5. The Bertz CT molecular complexity index is 1220. The van der Waals surface area contributed by atoms with Crippen LogP contribution in [0.2, 0.25) is 0 Å². The molecule has 1 N–H and O–H groups in total. The summed E-state index contributed by atoms with van der Waals surface area (Å²) in [6.45, 7) is 8.34. The number of aryl methyl sites for hydroxylation is 2. The van der Waals surface area contributed by atoms with Gasteiger partial charge in [-0.3, -0.25) is 0 Å². The topological polar surface area (TPSA) is 81.5 Å². The van der Waals surface area contributed by atoms with E-state index in [0.29, 0.717) is 11.5 Å². The summed E-state index contributed by atoms with van der Waals surface area (Å²) >= 11 is 2.90. The van der Waals surface area contributed by atoms with Gasteiger partial charge in [0.2, 0.25) is 0 Å². The molecule has 1 aliphatic rings. The van der Waals surface area contributed by atoms with Crippen LogP contribution in [0.25, 0.3) is 21.1 Å². The number of thiazole rings is 2. The number of carbonyl (C=O) groups excluding carboxylic acids is 1. The third-order valence-electron chi connectivity index (χ3n) is 5.27. The Kier molecular flexibility index (Phi) is 11.2. The van der Waals surface area contributed by atoms with Crippen molar-refractivity contribution in [2.75, 3.05) is 19.8 Å². The van der Waals surface area contributed by atoms with E-state index in [2.05, 4.69) is 29.0 Å². The number of hydrogen-bond acceptors (Lipinski definition) is 8. The van der Waals surface area contributed by atoms with Gasteiger partial charge in [-0.15, -0.1) is 22.7 Å². The lowest BCUT2D eigenvalue weighted by Crippen LogP contribution is -2.01. The highest BCUT2D eigenvalue weighted by Crippen LogP contribution is 2.28. The van der Waals surface area contributed by atoms with Gasteiger partial charge in [0.15, 0.2) is 0 Å². The highest BCUT2D eigenvalue weighted by Gasteiger charge is 2.13. The van der Waals surface area contributed by atoms with E-state index in [1.54, 1.807) is 19.3 Å². The van der Waals surface area contributed by atoms with Crippen molar-refractivity contribution in [2.24, 2.45) is 0 Å².